The van der Waals surface area contributed by atoms with Gasteiger partial charge in [-0.1, -0.05) is 0 Å². The van der Waals surface area contributed by atoms with Gasteiger partial charge in [-0.25, -0.2) is 4.39 Å². The summed E-state index contributed by atoms with van der Waals surface area (Å²) < 4.78 is 19.2. The first kappa shape index (κ1) is 14.8. The first-order chi connectivity index (χ1) is 9.52. The fourth-order valence-corrected chi connectivity index (χ4v) is 2.74. The van der Waals surface area contributed by atoms with Crippen LogP contribution in [-0.2, 0) is 4.74 Å². The van der Waals surface area contributed by atoms with Crippen molar-refractivity contribution in [2.24, 2.45) is 5.92 Å². The topological polar surface area (TPSA) is 55.6 Å². The van der Waals surface area contributed by atoms with Crippen molar-refractivity contribution in [2.45, 2.75) is 19.8 Å². The number of hydrogen-bond donors (Lipinski definition) is 1. The van der Waals surface area contributed by atoms with Gasteiger partial charge in [0.1, 0.15) is 5.82 Å². The summed E-state index contributed by atoms with van der Waals surface area (Å²) in [5.41, 5.74) is 6.60. The van der Waals surface area contributed by atoms with Crippen molar-refractivity contribution in [3.8, 4) is 0 Å². The Kier molecular flexibility index (Phi) is 4.60. The molecule has 1 aliphatic heterocycles. The van der Waals surface area contributed by atoms with Crippen LogP contribution in [0.2, 0.25) is 0 Å². The number of rotatable bonds is 3. The Balaban J connectivity index is 2.19. The van der Waals surface area contributed by atoms with Gasteiger partial charge in [-0.2, -0.15) is 0 Å². The van der Waals surface area contributed by atoms with Gasteiger partial charge in [0.15, 0.2) is 0 Å². The minimum Gasteiger partial charge on any atom is -0.399 e. The molecule has 1 unspecified atom stereocenters. The van der Waals surface area contributed by atoms with Crippen LogP contribution in [0.4, 0.5) is 10.1 Å². The minimum atomic E-state index is -0.474. The van der Waals surface area contributed by atoms with E-state index in [1.165, 1.54) is 12.1 Å². The third-order valence-electron chi connectivity index (χ3n) is 3.72. The number of ether oxygens (including phenoxy) is 1. The number of hydrogen-bond acceptors (Lipinski definition) is 3. The van der Waals surface area contributed by atoms with Gasteiger partial charge < -0.3 is 15.4 Å². The van der Waals surface area contributed by atoms with Gasteiger partial charge >= 0.3 is 0 Å². The van der Waals surface area contributed by atoms with E-state index < -0.39 is 5.82 Å². The van der Waals surface area contributed by atoms with E-state index in [1.807, 2.05) is 0 Å². The van der Waals surface area contributed by atoms with Crippen LogP contribution in [0.25, 0.3) is 0 Å². The first-order valence-electron chi connectivity index (χ1n) is 6.86. The molecule has 0 aliphatic carbocycles. The standard InChI is InChI=1S/C15H21FN2O2/c1-10-6-12(17)7-13(14(10)16)15(19)18-5-3-4-11(8-18)9-20-2/h6-7,11H,3-5,8-9,17H2,1-2H3. The second-order valence-corrected chi connectivity index (χ2v) is 5.41. The van der Waals surface area contributed by atoms with Crippen LogP contribution in [0.5, 0.6) is 0 Å². The Morgan fingerprint density at radius 3 is 3.00 bits per heavy atom. The molecule has 110 valence electrons. The number of aryl methyl sites for hydroxylation is 1. The van der Waals surface area contributed by atoms with Gasteiger partial charge in [-0.05, 0) is 43.4 Å². The summed E-state index contributed by atoms with van der Waals surface area (Å²) in [4.78, 5) is 14.2. The highest BCUT2D eigenvalue weighted by Crippen LogP contribution is 2.22. The quantitative estimate of drug-likeness (QED) is 0.864. The van der Waals surface area contributed by atoms with E-state index >= 15 is 0 Å². The van der Waals surface area contributed by atoms with E-state index in [9.17, 15) is 9.18 Å². The molecule has 5 heteroatoms. The van der Waals surface area contributed by atoms with Crippen molar-refractivity contribution >= 4 is 11.6 Å². The predicted octanol–water partition coefficient (Wildman–Crippen LogP) is 2.21. The molecule has 1 aromatic carbocycles. The number of nitrogen functional groups attached to an aromatic ring is 1. The van der Waals surface area contributed by atoms with Crippen LogP contribution >= 0.6 is 0 Å². The molecular formula is C15H21FN2O2. The summed E-state index contributed by atoms with van der Waals surface area (Å²) in [6.07, 6.45) is 1.96. The third kappa shape index (κ3) is 3.10. The molecule has 1 heterocycles. The smallest absolute Gasteiger partial charge is 0.256 e. The van der Waals surface area contributed by atoms with Crippen LogP contribution < -0.4 is 5.73 Å². The highest BCUT2D eigenvalue weighted by atomic mass is 19.1. The molecule has 4 nitrogen and oxygen atoms in total. The largest absolute Gasteiger partial charge is 0.399 e. The maximum atomic E-state index is 14.1. The molecule has 1 saturated heterocycles. The Morgan fingerprint density at radius 1 is 1.55 bits per heavy atom. The maximum absolute atomic E-state index is 14.1. The van der Waals surface area contributed by atoms with Crippen LogP contribution in [0.1, 0.15) is 28.8 Å². The van der Waals surface area contributed by atoms with E-state index in [4.69, 9.17) is 10.5 Å². The molecule has 2 rings (SSSR count). The molecule has 1 atom stereocenters. The number of methoxy groups -OCH3 is 1. The number of nitrogens with two attached hydrogens (primary N) is 1. The average molecular weight is 280 g/mol. The van der Waals surface area contributed by atoms with Crippen LogP contribution in [0.3, 0.4) is 0 Å². The fourth-order valence-electron chi connectivity index (χ4n) is 2.74. The van der Waals surface area contributed by atoms with E-state index in [0.29, 0.717) is 36.9 Å². The lowest BCUT2D eigenvalue weighted by molar-refractivity contribution is 0.0566. The molecular weight excluding hydrogens is 259 g/mol. The molecule has 1 fully saturated rings. The lowest BCUT2D eigenvalue weighted by Crippen LogP contribution is -2.41. The fraction of sp³-hybridized carbons (Fsp3) is 0.533. The van der Waals surface area contributed by atoms with Crippen LogP contribution in [0.15, 0.2) is 12.1 Å². The Hall–Kier alpha value is -1.62. The molecule has 2 N–H and O–H groups in total. The highest BCUT2D eigenvalue weighted by Gasteiger charge is 2.26. The van der Waals surface area contributed by atoms with Crippen molar-refractivity contribution < 1.29 is 13.9 Å². The number of halogens is 1. The van der Waals surface area contributed by atoms with Gasteiger partial charge in [0.25, 0.3) is 5.91 Å². The molecule has 1 amide bonds. The van der Waals surface area contributed by atoms with Gasteiger partial charge in [-0.3, -0.25) is 4.79 Å². The molecule has 1 aliphatic rings. The zero-order chi connectivity index (χ0) is 14.7. The summed E-state index contributed by atoms with van der Waals surface area (Å²) in [6, 6.07) is 2.96. The molecule has 0 radical (unpaired) electrons. The second kappa shape index (κ2) is 6.22. The number of amides is 1. The lowest BCUT2D eigenvalue weighted by Gasteiger charge is -2.32. The second-order valence-electron chi connectivity index (χ2n) is 5.41. The van der Waals surface area contributed by atoms with Crippen molar-refractivity contribution in [3.63, 3.8) is 0 Å². The van der Waals surface area contributed by atoms with E-state index in [0.717, 1.165) is 12.8 Å². The van der Waals surface area contributed by atoms with E-state index in [2.05, 4.69) is 0 Å². The third-order valence-corrected chi connectivity index (χ3v) is 3.72. The molecule has 0 bridgehead atoms. The molecule has 0 aromatic heterocycles. The first-order valence-corrected chi connectivity index (χ1v) is 6.86. The van der Waals surface area contributed by atoms with Crippen molar-refractivity contribution in [1.82, 2.24) is 4.90 Å². The zero-order valence-electron chi connectivity index (χ0n) is 12.0. The van der Waals surface area contributed by atoms with Gasteiger partial charge in [0.05, 0.1) is 12.2 Å². The molecule has 0 spiro atoms. The summed E-state index contributed by atoms with van der Waals surface area (Å²) in [7, 11) is 1.65. The number of benzene rings is 1. The van der Waals surface area contributed by atoms with Gasteiger partial charge in [-0.15, -0.1) is 0 Å². The van der Waals surface area contributed by atoms with Crippen LogP contribution in [0, 0.1) is 18.7 Å². The SMILES string of the molecule is COCC1CCCN(C(=O)c2cc(N)cc(C)c2F)C1. The van der Waals surface area contributed by atoms with Crippen molar-refractivity contribution in [1.29, 1.82) is 0 Å². The summed E-state index contributed by atoms with van der Waals surface area (Å²) in [5, 5.41) is 0. The summed E-state index contributed by atoms with van der Waals surface area (Å²) in [5.74, 6) is -0.431. The number of anilines is 1. The summed E-state index contributed by atoms with van der Waals surface area (Å²) in [6.45, 7) is 3.51. The lowest BCUT2D eigenvalue weighted by atomic mass is 9.98. The Bertz CT molecular complexity index is 503. The molecule has 1 aromatic rings. The normalized spacial score (nSPS) is 19.1. The zero-order valence-corrected chi connectivity index (χ0v) is 12.0. The maximum Gasteiger partial charge on any atom is 0.256 e. The van der Waals surface area contributed by atoms with Gasteiger partial charge in [0, 0.05) is 25.9 Å². The Labute approximate surface area is 118 Å². The van der Waals surface area contributed by atoms with Crippen molar-refractivity contribution in [3.05, 3.63) is 29.1 Å². The minimum absolute atomic E-state index is 0.0700. The number of carbonyl (C=O) groups is 1. The van der Waals surface area contributed by atoms with E-state index in [1.54, 1.807) is 18.9 Å². The number of likely N-dealkylation sites (tertiary alicyclic amines) is 1. The Morgan fingerprint density at radius 2 is 2.30 bits per heavy atom. The number of nitrogens with zero attached hydrogens (tertiary/aromatic N) is 1. The number of piperidine rings is 1. The van der Waals surface area contributed by atoms with Gasteiger partial charge in [0.2, 0.25) is 0 Å². The predicted molar refractivity (Wildman–Crippen MR) is 76.1 cm³/mol. The van der Waals surface area contributed by atoms with Crippen molar-refractivity contribution in [2.75, 3.05) is 32.5 Å². The van der Waals surface area contributed by atoms with Crippen LogP contribution in [-0.4, -0.2) is 37.6 Å². The summed E-state index contributed by atoms with van der Waals surface area (Å²) >= 11 is 0. The average Bonchev–Trinajstić information content (AvgIpc) is 2.43. The molecule has 0 saturated carbocycles. The monoisotopic (exact) mass is 280 g/mol. The van der Waals surface area contributed by atoms with E-state index in [-0.39, 0.29) is 11.5 Å². The number of carbonyl (C=O) groups excluding carboxylic acids is 1. The molecule has 20 heavy (non-hydrogen) atoms. The highest BCUT2D eigenvalue weighted by molar-refractivity contribution is 5.95.